The second-order valence-corrected chi connectivity index (χ2v) is 7.56. The topological polar surface area (TPSA) is 49.3 Å². The Labute approximate surface area is 143 Å². The van der Waals surface area contributed by atoms with E-state index < -0.39 is 5.41 Å². The van der Waals surface area contributed by atoms with Crippen LogP contribution in [0.2, 0.25) is 0 Å². The van der Waals surface area contributed by atoms with Crippen LogP contribution < -0.4 is 5.32 Å². The molecular formula is C20H28FNO2. The van der Waals surface area contributed by atoms with Crippen molar-refractivity contribution in [3.63, 3.8) is 0 Å². The first-order valence-electron chi connectivity index (χ1n) is 9.30. The van der Waals surface area contributed by atoms with E-state index in [1.807, 2.05) is 6.07 Å². The summed E-state index contributed by atoms with van der Waals surface area (Å²) in [5.74, 6) is 0.510. The van der Waals surface area contributed by atoms with Crippen molar-refractivity contribution < 1.29 is 14.3 Å². The molecule has 1 aromatic carbocycles. The largest absolute Gasteiger partial charge is 0.396 e. The second-order valence-electron chi connectivity index (χ2n) is 7.56. The molecule has 0 unspecified atom stereocenters. The lowest BCUT2D eigenvalue weighted by Gasteiger charge is -2.32. The van der Waals surface area contributed by atoms with Crippen molar-refractivity contribution in [2.75, 3.05) is 13.2 Å². The highest BCUT2D eigenvalue weighted by molar-refractivity contribution is 5.88. The Balaban J connectivity index is 1.68. The van der Waals surface area contributed by atoms with Gasteiger partial charge in [0.1, 0.15) is 5.82 Å². The molecule has 0 saturated heterocycles. The quantitative estimate of drug-likeness (QED) is 0.866. The normalized spacial score (nSPS) is 26.2. The lowest BCUT2D eigenvalue weighted by atomic mass is 9.77. The van der Waals surface area contributed by atoms with E-state index in [2.05, 4.69) is 5.32 Å². The summed E-state index contributed by atoms with van der Waals surface area (Å²) in [6.45, 7) is 0.884. The third kappa shape index (κ3) is 3.49. The molecule has 0 spiro atoms. The number of aliphatic hydroxyl groups is 1. The number of hydrogen-bond acceptors (Lipinski definition) is 2. The zero-order valence-electron chi connectivity index (χ0n) is 14.3. The van der Waals surface area contributed by atoms with E-state index in [9.17, 15) is 14.3 Å². The number of aliphatic hydroxyl groups excluding tert-OH is 1. The van der Waals surface area contributed by atoms with Crippen LogP contribution in [0.4, 0.5) is 4.39 Å². The fourth-order valence-electron chi connectivity index (χ4n) is 4.61. The summed E-state index contributed by atoms with van der Waals surface area (Å²) in [4.78, 5) is 13.0. The summed E-state index contributed by atoms with van der Waals surface area (Å²) in [5.41, 5.74) is -0.145. The van der Waals surface area contributed by atoms with Crippen LogP contribution in [0.1, 0.15) is 56.9 Å². The van der Waals surface area contributed by atoms with E-state index in [1.165, 1.54) is 6.07 Å². The van der Waals surface area contributed by atoms with Crippen molar-refractivity contribution in [2.45, 2.75) is 56.8 Å². The molecule has 2 aliphatic carbocycles. The van der Waals surface area contributed by atoms with Crippen molar-refractivity contribution in [1.82, 2.24) is 5.32 Å². The Hall–Kier alpha value is -1.42. The minimum absolute atomic E-state index is 0.0174. The first-order valence-corrected chi connectivity index (χ1v) is 9.30. The Morgan fingerprint density at radius 3 is 2.58 bits per heavy atom. The van der Waals surface area contributed by atoms with Crippen molar-refractivity contribution >= 4 is 5.91 Å². The number of hydrogen-bond donors (Lipinski definition) is 2. The van der Waals surface area contributed by atoms with Crippen LogP contribution in [-0.4, -0.2) is 24.2 Å². The Morgan fingerprint density at radius 1 is 1.17 bits per heavy atom. The number of benzene rings is 1. The molecule has 2 aliphatic rings. The monoisotopic (exact) mass is 333 g/mol. The van der Waals surface area contributed by atoms with Crippen molar-refractivity contribution in [3.05, 3.63) is 35.6 Å². The van der Waals surface area contributed by atoms with Crippen LogP contribution in [0.15, 0.2) is 24.3 Å². The lowest BCUT2D eigenvalue weighted by molar-refractivity contribution is -0.127. The minimum atomic E-state index is -0.698. The van der Waals surface area contributed by atoms with Crippen LogP contribution in [0.25, 0.3) is 0 Å². The Kier molecular flexibility index (Phi) is 5.54. The van der Waals surface area contributed by atoms with E-state index in [1.54, 1.807) is 12.1 Å². The van der Waals surface area contributed by atoms with E-state index in [0.29, 0.717) is 23.9 Å². The van der Waals surface area contributed by atoms with E-state index >= 15 is 0 Å². The summed E-state index contributed by atoms with van der Waals surface area (Å²) in [7, 11) is 0. The predicted octanol–water partition coefficient (Wildman–Crippen LogP) is 3.55. The van der Waals surface area contributed by atoms with Crippen LogP contribution >= 0.6 is 0 Å². The van der Waals surface area contributed by atoms with Crippen LogP contribution in [0.5, 0.6) is 0 Å². The SMILES string of the molecule is O=C(NC[C@H]1CCC[C@@H](CO)C1)C1(c2ccccc2F)CCCC1. The molecule has 2 N–H and O–H groups in total. The first kappa shape index (κ1) is 17.4. The fourth-order valence-corrected chi connectivity index (χ4v) is 4.61. The summed E-state index contributed by atoms with van der Waals surface area (Å²) in [6.07, 6.45) is 7.67. The Morgan fingerprint density at radius 2 is 1.88 bits per heavy atom. The number of rotatable bonds is 5. The van der Waals surface area contributed by atoms with Gasteiger partial charge in [-0.15, -0.1) is 0 Å². The molecule has 24 heavy (non-hydrogen) atoms. The molecule has 0 heterocycles. The van der Waals surface area contributed by atoms with Gasteiger partial charge in [0.2, 0.25) is 5.91 Å². The highest BCUT2D eigenvalue weighted by Crippen LogP contribution is 2.42. The minimum Gasteiger partial charge on any atom is -0.396 e. The zero-order chi connectivity index (χ0) is 17.0. The average Bonchev–Trinajstić information content (AvgIpc) is 3.11. The Bertz CT molecular complexity index is 569. The van der Waals surface area contributed by atoms with E-state index in [-0.39, 0.29) is 18.3 Å². The van der Waals surface area contributed by atoms with Gasteiger partial charge in [0.25, 0.3) is 0 Å². The zero-order valence-corrected chi connectivity index (χ0v) is 14.3. The van der Waals surface area contributed by atoms with Gasteiger partial charge in [-0.3, -0.25) is 4.79 Å². The summed E-state index contributed by atoms with van der Waals surface area (Å²) in [5, 5.41) is 12.5. The van der Waals surface area contributed by atoms with Gasteiger partial charge in [0.15, 0.2) is 0 Å². The number of amides is 1. The fraction of sp³-hybridized carbons (Fsp3) is 0.650. The number of carbonyl (C=O) groups excluding carboxylic acids is 1. The number of halogens is 1. The lowest BCUT2D eigenvalue weighted by Crippen LogP contribution is -2.45. The number of nitrogens with one attached hydrogen (secondary N) is 1. The highest BCUT2D eigenvalue weighted by atomic mass is 19.1. The van der Waals surface area contributed by atoms with E-state index in [0.717, 1.165) is 51.4 Å². The molecule has 0 radical (unpaired) electrons. The summed E-state index contributed by atoms with van der Waals surface area (Å²) in [6, 6.07) is 6.72. The van der Waals surface area contributed by atoms with Gasteiger partial charge in [0.05, 0.1) is 5.41 Å². The smallest absolute Gasteiger partial charge is 0.230 e. The molecular weight excluding hydrogens is 305 g/mol. The first-order chi connectivity index (χ1) is 11.7. The molecule has 0 bridgehead atoms. The molecule has 2 saturated carbocycles. The summed E-state index contributed by atoms with van der Waals surface area (Å²) >= 11 is 0. The van der Waals surface area contributed by atoms with E-state index in [4.69, 9.17) is 0 Å². The third-order valence-corrected chi connectivity index (χ3v) is 5.98. The third-order valence-electron chi connectivity index (χ3n) is 5.98. The van der Waals surface area contributed by atoms with Gasteiger partial charge in [-0.25, -0.2) is 4.39 Å². The molecule has 0 aromatic heterocycles. The highest BCUT2D eigenvalue weighted by Gasteiger charge is 2.44. The maximum atomic E-state index is 14.3. The maximum Gasteiger partial charge on any atom is 0.230 e. The van der Waals surface area contributed by atoms with Crippen LogP contribution in [-0.2, 0) is 10.2 Å². The molecule has 132 valence electrons. The van der Waals surface area contributed by atoms with Crippen molar-refractivity contribution in [2.24, 2.45) is 11.8 Å². The van der Waals surface area contributed by atoms with Crippen molar-refractivity contribution in [1.29, 1.82) is 0 Å². The van der Waals surface area contributed by atoms with Gasteiger partial charge in [-0.1, -0.05) is 37.5 Å². The molecule has 4 heteroatoms. The van der Waals surface area contributed by atoms with Gasteiger partial charge in [-0.05, 0) is 50.0 Å². The molecule has 1 aromatic rings. The summed E-state index contributed by atoms with van der Waals surface area (Å²) < 4.78 is 14.3. The van der Waals surface area contributed by atoms with Crippen LogP contribution in [0.3, 0.4) is 0 Å². The molecule has 2 atom stereocenters. The molecule has 0 aliphatic heterocycles. The molecule has 3 rings (SSSR count). The second kappa shape index (κ2) is 7.64. The predicted molar refractivity (Wildman–Crippen MR) is 92.1 cm³/mol. The van der Waals surface area contributed by atoms with Gasteiger partial charge in [-0.2, -0.15) is 0 Å². The van der Waals surface area contributed by atoms with Gasteiger partial charge >= 0.3 is 0 Å². The number of carbonyl (C=O) groups is 1. The average molecular weight is 333 g/mol. The van der Waals surface area contributed by atoms with Crippen LogP contribution in [0, 0.1) is 17.7 Å². The van der Waals surface area contributed by atoms with Gasteiger partial charge in [0, 0.05) is 18.7 Å². The molecule has 1 amide bonds. The maximum absolute atomic E-state index is 14.3. The van der Waals surface area contributed by atoms with Gasteiger partial charge < -0.3 is 10.4 Å². The molecule has 2 fully saturated rings. The van der Waals surface area contributed by atoms with Crippen molar-refractivity contribution in [3.8, 4) is 0 Å². The standard InChI is InChI=1S/C20H28FNO2/c21-18-9-2-1-8-17(18)20(10-3-4-11-20)19(24)22-13-15-6-5-7-16(12-15)14-23/h1-2,8-9,15-16,23H,3-7,10-14H2,(H,22,24)/t15-,16+/m0/s1. The molecule has 3 nitrogen and oxygen atoms in total.